The third kappa shape index (κ3) is 5.51. The first kappa shape index (κ1) is 21.6. The van der Waals surface area contributed by atoms with Crippen molar-refractivity contribution in [3.8, 4) is 0 Å². The molecule has 0 saturated carbocycles. The number of nitrogens with zero attached hydrogens (tertiary/aromatic N) is 2. The second-order valence-electron chi connectivity index (χ2n) is 7.82. The Morgan fingerprint density at radius 3 is 2.27 bits per heavy atom. The number of ketones is 1. The summed E-state index contributed by atoms with van der Waals surface area (Å²) in [7, 11) is 0. The van der Waals surface area contributed by atoms with Gasteiger partial charge in [-0.1, -0.05) is 6.07 Å². The van der Waals surface area contributed by atoms with Crippen LogP contribution in [-0.4, -0.2) is 46.6 Å². The molecule has 0 bridgehead atoms. The van der Waals surface area contributed by atoms with Gasteiger partial charge in [0.25, 0.3) is 0 Å². The maximum absolute atomic E-state index is 12.6. The van der Waals surface area contributed by atoms with Gasteiger partial charge in [-0.05, 0) is 82.6 Å². The van der Waals surface area contributed by atoms with Crippen molar-refractivity contribution >= 4 is 29.1 Å². The van der Waals surface area contributed by atoms with Gasteiger partial charge in [-0.3, -0.25) is 19.3 Å². The zero-order valence-corrected chi connectivity index (χ0v) is 17.6. The van der Waals surface area contributed by atoms with Gasteiger partial charge < -0.3 is 10.6 Å². The molecule has 2 amide bonds. The summed E-state index contributed by atoms with van der Waals surface area (Å²) < 4.78 is 0. The number of benzene rings is 1. The molecule has 1 fully saturated rings. The number of hydrogen-bond donors (Lipinski definition) is 2. The van der Waals surface area contributed by atoms with Gasteiger partial charge in [0.15, 0.2) is 5.78 Å². The largest absolute Gasteiger partial charge is 0.325 e. The second kappa shape index (κ2) is 9.63. The summed E-state index contributed by atoms with van der Waals surface area (Å²) in [6.07, 6.45) is 3.12. The number of Topliss-reactive ketones (excluding diaryl/α,β-unsaturated/α-hetero) is 1. The third-order valence-corrected chi connectivity index (χ3v) is 5.55. The Morgan fingerprint density at radius 2 is 1.70 bits per heavy atom. The lowest BCUT2D eigenvalue weighted by molar-refractivity contribution is -0.123. The predicted octanol–water partition coefficient (Wildman–Crippen LogP) is 3.27. The number of rotatable bonds is 6. The summed E-state index contributed by atoms with van der Waals surface area (Å²) in [5.74, 6) is 0.354. The van der Waals surface area contributed by atoms with Crippen LogP contribution in [0.4, 0.5) is 11.5 Å². The van der Waals surface area contributed by atoms with E-state index in [-0.39, 0.29) is 29.6 Å². The average Bonchev–Trinajstić information content (AvgIpc) is 2.75. The maximum atomic E-state index is 12.6. The first-order valence-corrected chi connectivity index (χ1v) is 10.2. The van der Waals surface area contributed by atoms with E-state index < -0.39 is 0 Å². The van der Waals surface area contributed by atoms with Gasteiger partial charge in [0.1, 0.15) is 5.82 Å². The fraction of sp³-hybridized carbons (Fsp3) is 0.391. The topological polar surface area (TPSA) is 91.4 Å². The van der Waals surface area contributed by atoms with Crippen molar-refractivity contribution < 1.29 is 14.4 Å². The fourth-order valence-corrected chi connectivity index (χ4v) is 3.52. The van der Waals surface area contributed by atoms with Crippen molar-refractivity contribution in [2.75, 3.05) is 23.7 Å². The summed E-state index contributed by atoms with van der Waals surface area (Å²) >= 11 is 0. The van der Waals surface area contributed by atoms with Gasteiger partial charge in [-0.2, -0.15) is 0 Å². The number of piperidine rings is 1. The normalized spacial score (nSPS) is 16.0. The first-order valence-electron chi connectivity index (χ1n) is 10.2. The van der Waals surface area contributed by atoms with E-state index in [9.17, 15) is 14.4 Å². The Balaban J connectivity index is 1.48. The number of nitrogens with one attached hydrogen (secondary N) is 2. The van der Waals surface area contributed by atoms with Crippen LogP contribution in [-0.2, 0) is 9.59 Å². The lowest BCUT2D eigenvalue weighted by Crippen LogP contribution is -2.47. The molecule has 1 aromatic heterocycles. The standard InChI is InChI=1S/C23H28N4O3/c1-15-4-9-21(24-14-15)26-23(30)19-10-12-27(13-11-19)16(2)22(29)25-20-7-5-18(6-8-20)17(3)28/h4-9,14,16,19H,10-13H2,1-3H3,(H,25,29)(H,24,26,30). The van der Waals surface area contributed by atoms with Crippen molar-refractivity contribution in [3.63, 3.8) is 0 Å². The summed E-state index contributed by atoms with van der Waals surface area (Å²) in [5.41, 5.74) is 2.32. The molecular weight excluding hydrogens is 380 g/mol. The molecule has 1 saturated heterocycles. The van der Waals surface area contributed by atoms with E-state index in [4.69, 9.17) is 0 Å². The van der Waals surface area contributed by atoms with E-state index in [1.54, 1.807) is 36.5 Å². The minimum absolute atomic E-state index is 0.00804. The second-order valence-corrected chi connectivity index (χ2v) is 7.82. The zero-order chi connectivity index (χ0) is 21.7. The zero-order valence-electron chi connectivity index (χ0n) is 17.6. The molecule has 7 heteroatoms. The molecule has 3 rings (SSSR count). The highest BCUT2D eigenvalue weighted by molar-refractivity contribution is 5.97. The Hall–Kier alpha value is -3.06. The van der Waals surface area contributed by atoms with Crippen LogP contribution >= 0.6 is 0 Å². The molecule has 1 aliphatic heterocycles. The van der Waals surface area contributed by atoms with Gasteiger partial charge in [0.05, 0.1) is 6.04 Å². The molecular formula is C23H28N4O3. The number of aromatic nitrogens is 1. The van der Waals surface area contributed by atoms with E-state index >= 15 is 0 Å². The minimum atomic E-state index is -0.305. The molecule has 7 nitrogen and oxygen atoms in total. The maximum Gasteiger partial charge on any atom is 0.241 e. The van der Waals surface area contributed by atoms with Crippen LogP contribution in [0.2, 0.25) is 0 Å². The van der Waals surface area contributed by atoms with E-state index in [2.05, 4.69) is 20.5 Å². The monoisotopic (exact) mass is 408 g/mol. The molecule has 1 atom stereocenters. The van der Waals surface area contributed by atoms with Gasteiger partial charge in [0, 0.05) is 23.4 Å². The van der Waals surface area contributed by atoms with E-state index in [0.717, 1.165) is 5.56 Å². The van der Waals surface area contributed by atoms with Crippen molar-refractivity contribution in [3.05, 3.63) is 53.7 Å². The van der Waals surface area contributed by atoms with Crippen molar-refractivity contribution in [2.45, 2.75) is 39.7 Å². The highest BCUT2D eigenvalue weighted by Crippen LogP contribution is 2.21. The molecule has 158 valence electrons. The van der Waals surface area contributed by atoms with Gasteiger partial charge in [0.2, 0.25) is 11.8 Å². The Labute approximate surface area is 176 Å². The van der Waals surface area contributed by atoms with E-state index in [1.807, 2.05) is 19.9 Å². The average molecular weight is 409 g/mol. The number of likely N-dealkylation sites (tertiary alicyclic amines) is 1. The molecule has 2 aromatic rings. The highest BCUT2D eigenvalue weighted by Gasteiger charge is 2.30. The van der Waals surface area contributed by atoms with E-state index in [0.29, 0.717) is 43.0 Å². The third-order valence-electron chi connectivity index (χ3n) is 5.55. The van der Waals surface area contributed by atoms with Crippen molar-refractivity contribution in [1.82, 2.24) is 9.88 Å². The van der Waals surface area contributed by atoms with Gasteiger partial charge in [-0.25, -0.2) is 4.98 Å². The van der Waals surface area contributed by atoms with Gasteiger partial charge in [-0.15, -0.1) is 0 Å². The van der Waals surface area contributed by atoms with Crippen LogP contribution < -0.4 is 10.6 Å². The molecule has 0 radical (unpaired) electrons. The molecule has 0 aliphatic carbocycles. The molecule has 1 unspecified atom stereocenters. The molecule has 1 aromatic carbocycles. The Kier molecular flexibility index (Phi) is 6.95. The minimum Gasteiger partial charge on any atom is -0.325 e. The number of hydrogen-bond acceptors (Lipinski definition) is 5. The Morgan fingerprint density at radius 1 is 1.03 bits per heavy atom. The smallest absolute Gasteiger partial charge is 0.241 e. The Bertz CT molecular complexity index is 901. The molecule has 2 heterocycles. The predicted molar refractivity (Wildman–Crippen MR) is 116 cm³/mol. The number of amides is 2. The van der Waals surface area contributed by atoms with Crippen molar-refractivity contribution in [1.29, 1.82) is 0 Å². The number of pyridine rings is 1. The van der Waals surface area contributed by atoms with Crippen LogP contribution in [0.25, 0.3) is 0 Å². The number of carbonyl (C=O) groups excluding carboxylic acids is 3. The molecule has 0 spiro atoms. The molecule has 1 aliphatic rings. The SMILES string of the molecule is CC(=O)c1ccc(NC(=O)C(C)N2CCC(C(=O)Nc3ccc(C)cn3)CC2)cc1. The number of aryl methyl sites for hydroxylation is 1. The van der Waals surface area contributed by atoms with Crippen LogP contribution in [0.1, 0.15) is 42.6 Å². The summed E-state index contributed by atoms with van der Waals surface area (Å²) in [5, 5.41) is 5.78. The van der Waals surface area contributed by atoms with E-state index in [1.165, 1.54) is 6.92 Å². The summed E-state index contributed by atoms with van der Waals surface area (Å²) in [6.45, 7) is 6.69. The number of carbonyl (C=O) groups is 3. The van der Waals surface area contributed by atoms with Gasteiger partial charge >= 0.3 is 0 Å². The molecule has 30 heavy (non-hydrogen) atoms. The van der Waals surface area contributed by atoms with Crippen LogP contribution in [0.5, 0.6) is 0 Å². The number of anilines is 2. The first-order chi connectivity index (χ1) is 14.3. The highest BCUT2D eigenvalue weighted by atomic mass is 16.2. The summed E-state index contributed by atoms with van der Waals surface area (Å²) in [6, 6.07) is 10.3. The van der Waals surface area contributed by atoms with Crippen LogP contribution in [0, 0.1) is 12.8 Å². The fourth-order valence-electron chi connectivity index (χ4n) is 3.52. The lowest BCUT2D eigenvalue weighted by atomic mass is 9.95. The van der Waals surface area contributed by atoms with Crippen LogP contribution in [0.3, 0.4) is 0 Å². The summed E-state index contributed by atoms with van der Waals surface area (Å²) in [4.78, 5) is 42.8. The van der Waals surface area contributed by atoms with Crippen molar-refractivity contribution in [2.24, 2.45) is 5.92 Å². The molecule has 2 N–H and O–H groups in total. The quantitative estimate of drug-likeness (QED) is 0.716. The lowest BCUT2D eigenvalue weighted by Gasteiger charge is -2.34. The van der Waals surface area contributed by atoms with Crippen LogP contribution in [0.15, 0.2) is 42.6 Å².